The Kier molecular flexibility index (Phi) is 6.63. The van der Waals surface area contributed by atoms with E-state index in [0.717, 1.165) is 6.07 Å². The van der Waals surface area contributed by atoms with Crippen LogP contribution in [-0.4, -0.2) is 39.1 Å². The number of rotatable bonds is 8. The lowest BCUT2D eigenvalue weighted by Gasteiger charge is -2.09. The van der Waals surface area contributed by atoms with Gasteiger partial charge in [0.2, 0.25) is 11.4 Å². The Balaban J connectivity index is 2.57. The Labute approximate surface area is 204 Å². The summed E-state index contributed by atoms with van der Waals surface area (Å²) in [6.45, 7) is 0. The largest absolute Gasteiger partial charge is 0.384 e. The summed E-state index contributed by atoms with van der Waals surface area (Å²) in [6.07, 6.45) is 0.637. The second-order valence-electron chi connectivity index (χ2n) is 6.86. The van der Waals surface area contributed by atoms with E-state index in [1.165, 1.54) is 0 Å². The quantitative estimate of drug-likeness (QED) is 0.321. The summed E-state index contributed by atoms with van der Waals surface area (Å²) in [4.78, 5) is 69.0. The maximum Gasteiger partial charge on any atom is 0.308 e. The highest BCUT2D eigenvalue weighted by molar-refractivity contribution is 5.74. The molecule has 2 N–H and O–H groups in total. The van der Waals surface area contributed by atoms with Crippen LogP contribution in [0.4, 0.5) is 45.6 Å². The van der Waals surface area contributed by atoms with Crippen molar-refractivity contribution in [3.63, 3.8) is 0 Å². The number of nitro benzene ring substituents is 6. The molecule has 0 radical (unpaired) electrons. The van der Waals surface area contributed by atoms with E-state index in [4.69, 9.17) is 5.73 Å². The maximum atomic E-state index is 11.7. The number of nitrogens with two attached hydrogens (primary N) is 1. The Morgan fingerprint density at radius 1 is 0.632 bits per heavy atom. The number of aromatic nitrogens is 2. The van der Waals surface area contributed by atoms with Crippen LogP contribution >= 0.6 is 0 Å². The summed E-state index contributed by atoms with van der Waals surface area (Å²) >= 11 is 0. The third-order valence-electron chi connectivity index (χ3n) is 4.63. The van der Waals surface area contributed by atoms with Crippen LogP contribution in [0.5, 0.6) is 0 Å². The Morgan fingerprint density at radius 2 is 1.03 bits per heavy atom. The van der Waals surface area contributed by atoms with E-state index >= 15 is 0 Å². The maximum absolute atomic E-state index is 11.7. The lowest BCUT2D eigenvalue weighted by atomic mass is 10.2. The fraction of sp³-hybridized carbons (Fsp3) is 0. The first-order valence-electron chi connectivity index (χ1n) is 9.34. The Morgan fingerprint density at radius 3 is 1.39 bits per heavy atom. The van der Waals surface area contributed by atoms with Gasteiger partial charge in [0.05, 0.1) is 53.8 Å². The van der Waals surface area contributed by atoms with E-state index < -0.39 is 86.3 Å². The fourth-order valence-electron chi connectivity index (χ4n) is 3.10. The van der Waals surface area contributed by atoms with E-state index in [-0.39, 0.29) is 0 Å². The molecule has 0 amide bonds. The molecule has 3 rings (SSSR count). The molecule has 0 aliphatic carbocycles. The number of non-ortho nitro benzene ring substituents is 2. The van der Waals surface area contributed by atoms with Gasteiger partial charge in [-0.15, -0.1) is 0 Å². The van der Waals surface area contributed by atoms with Gasteiger partial charge < -0.3 is 5.73 Å². The number of hydrogen-bond donors (Lipinski definition) is 1. The normalized spacial score (nSPS) is 11.1. The zero-order chi connectivity index (χ0) is 28.5. The minimum atomic E-state index is -1.24. The second-order valence-corrected chi connectivity index (χ2v) is 6.86. The van der Waals surface area contributed by atoms with Gasteiger partial charge in [-0.3, -0.25) is 65.3 Å². The van der Waals surface area contributed by atoms with E-state index in [1.807, 2.05) is 0 Å². The van der Waals surface area contributed by atoms with Crippen LogP contribution < -0.4 is 11.2 Å². The summed E-state index contributed by atoms with van der Waals surface area (Å²) in [7, 11) is 0. The van der Waals surface area contributed by atoms with Gasteiger partial charge in [-0.25, -0.2) is 9.98 Å². The molecule has 38 heavy (non-hydrogen) atoms. The molecule has 0 saturated carbocycles. The highest BCUT2D eigenvalue weighted by Gasteiger charge is 2.34. The van der Waals surface area contributed by atoms with Crippen molar-refractivity contribution in [1.29, 1.82) is 0 Å². The summed E-state index contributed by atoms with van der Waals surface area (Å²) in [5, 5.41) is 68.8. The molecule has 0 spiro atoms. The SMILES string of the molecule is Nc1cc(=Nc2c([N+](=O)[O-])cc([N+](=O)[O-])cc2[N+](=O)[O-])n(-c2c([N+](=O)[O-])cc([N+](=O)[O-])cc2[N+](=O)[O-])cn1. The number of hydrogen-bond acceptors (Lipinski definition) is 15. The molecule has 0 saturated heterocycles. The molecule has 0 aliphatic rings. The summed E-state index contributed by atoms with van der Waals surface area (Å²) in [5.41, 5.74) is -4.16. The fourth-order valence-corrected chi connectivity index (χ4v) is 3.10. The number of nitrogens with zero attached hydrogens (tertiary/aromatic N) is 9. The lowest BCUT2D eigenvalue weighted by molar-refractivity contribution is -0.402. The van der Waals surface area contributed by atoms with Crippen molar-refractivity contribution in [1.82, 2.24) is 9.55 Å². The van der Waals surface area contributed by atoms with E-state index in [1.54, 1.807) is 0 Å². The van der Waals surface area contributed by atoms with Gasteiger partial charge in [-0.2, -0.15) is 0 Å². The highest BCUT2D eigenvalue weighted by Crippen LogP contribution is 2.41. The van der Waals surface area contributed by atoms with Crippen LogP contribution in [0.3, 0.4) is 0 Å². The Hall–Kier alpha value is -6.48. The molecular weight excluding hydrogens is 524 g/mol. The molecule has 2 aromatic carbocycles. The van der Waals surface area contributed by atoms with Crippen molar-refractivity contribution < 1.29 is 29.5 Å². The van der Waals surface area contributed by atoms with Crippen molar-refractivity contribution in [2.24, 2.45) is 4.99 Å². The predicted octanol–water partition coefficient (Wildman–Crippen LogP) is 2.14. The van der Waals surface area contributed by atoms with Gasteiger partial charge in [-0.05, 0) is 0 Å². The molecule has 3 aromatic rings. The number of benzene rings is 2. The van der Waals surface area contributed by atoms with Crippen molar-refractivity contribution in [2.45, 2.75) is 0 Å². The molecule has 1 heterocycles. The smallest absolute Gasteiger partial charge is 0.308 e. The van der Waals surface area contributed by atoms with Crippen molar-refractivity contribution in [2.75, 3.05) is 5.73 Å². The number of nitrogen functional groups attached to an aromatic ring is 1. The average molecular weight is 532 g/mol. The summed E-state index contributed by atoms with van der Waals surface area (Å²) in [5.74, 6) is -0.417. The van der Waals surface area contributed by atoms with Crippen molar-refractivity contribution in [3.8, 4) is 5.69 Å². The van der Waals surface area contributed by atoms with Crippen LogP contribution in [0.15, 0.2) is 41.7 Å². The molecule has 0 fully saturated rings. The molecular formula is C16H8N10O12. The first-order valence-corrected chi connectivity index (χ1v) is 9.34. The molecule has 0 unspecified atom stereocenters. The Bertz CT molecular complexity index is 1590. The highest BCUT2D eigenvalue weighted by atomic mass is 16.6. The van der Waals surface area contributed by atoms with Gasteiger partial charge in [0.25, 0.3) is 11.4 Å². The first-order chi connectivity index (χ1) is 17.7. The van der Waals surface area contributed by atoms with Gasteiger partial charge in [0, 0.05) is 6.07 Å². The third-order valence-corrected chi connectivity index (χ3v) is 4.63. The van der Waals surface area contributed by atoms with E-state index in [9.17, 15) is 60.7 Å². The standard InChI is InChI=1S/C16H8N10O12/c17-13-5-14(19-15-9(23(31)32)1-7(21(27)28)2-10(15)24(33)34)20(6-18-13)16-11(25(35)36)3-8(22(29)30)4-12(16)26(37)38/h1-6H,17H2. The second kappa shape index (κ2) is 9.64. The predicted molar refractivity (Wildman–Crippen MR) is 120 cm³/mol. The monoisotopic (exact) mass is 532 g/mol. The number of anilines is 1. The van der Waals surface area contributed by atoms with Gasteiger partial charge >= 0.3 is 22.7 Å². The minimum absolute atomic E-state index is 0.359. The van der Waals surface area contributed by atoms with Crippen LogP contribution in [0.25, 0.3) is 5.69 Å². The molecule has 22 nitrogen and oxygen atoms in total. The van der Waals surface area contributed by atoms with Crippen LogP contribution in [-0.2, 0) is 0 Å². The van der Waals surface area contributed by atoms with Crippen molar-refractivity contribution in [3.05, 3.63) is 103 Å². The summed E-state index contributed by atoms with van der Waals surface area (Å²) < 4.78 is 0.491. The molecule has 0 aliphatic heterocycles. The minimum Gasteiger partial charge on any atom is -0.384 e. The molecule has 1 aromatic heterocycles. The van der Waals surface area contributed by atoms with Gasteiger partial charge in [0.1, 0.15) is 17.6 Å². The topological polar surface area (TPSA) is 315 Å². The van der Waals surface area contributed by atoms with E-state index in [2.05, 4.69) is 9.98 Å². The average Bonchev–Trinajstić information content (AvgIpc) is 2.82. The van der Waals surface area contributed by atoms with Crippen LogP contribution in [0.2, 0.25) is 0 Å². The molecule has 22 heteroatoms. The van der Waals surface area contributed by atoms with Crippen LogP contribution in [0.1, 0.15) is 0 Å². The molecule has 0 atom stereocenters. The molecule has 0 bridgehead atoms. The first kappa shape index (κ1) is 26.1. The van der Waals surface area contributed by atoms with Gasteiger partial charge in [-0.1, -0.05) is 0 Å². The van der Waals surface area contributed by atoms with Gasteiger partial charge in [0.15, 0.2) is 0 Å². The van der Waals surface area contributed by atoms with E-state index in [0.29, 0.717) is 35.2 Å². The molecule has 194 valence electrons. The zero-order valence-electron chi connectivity index (χ0n) is 18.0. The van der Waals surface area contributed by atoms with Crippen LogP contribution in [0, 0.1) is 60.7 Å². The zero-order valence-corrected chi connectivity index (χ0v) is 18.0. The number of nitro groups is 6. The lowest BCUT2D eigenvalue weighted by Crippen LogP contribution is -2.22. The third kappa shape index (κ3) is 4.83. The van der Waals surface area contributed by atoms with Crippen molar-refractivity contribution >= 4 is 45.6 Å². The summed E-state index contributed by atoms with van der Waals surface area (Å²) in [6, 6.07) is 2.25.